The normalized spacial score (nSPS) is 16.1. The molecule has 1 aliphatic rings. The fourth-order valence-corrected chi connectivity index (χ4v) is 2.67. The van der Waals surface area contributed by atoms with E-state index in [1.807, 2.05) is 18.7 Å². The Hall–Kier alpha value is -1.43. The van der Waals surface area contributed by atoms with Crippen molar-refractivity contribution in [2.75, 3.05) is 13.1 Å². The Morgan fingerprint density at radius 3 is 2.57 bits per heavy atom. The molecule has 2 amide bonds. The number of amides is 2. The van der Waals surface area contributed by atoms with Crippen LogP contribution in [0.4, 0.5) is 0 Å². The number of carbonyl (C=O) groups excluding carboxylic acids is 2. The second-order valence-corrected chi connectivity index (χ2v) is 6.54. The van der Waals surface area contributed by atoms with Gasteiger partial charge in [0, 0.05) is 41.9 Å². The lowest BCUT2D eigenvalue weighted by Gasteiger charge is -2.32. The molecule has 1 saturated heterocycles. The van der Waals surface area contributed by atoms with Gasteiger partial charge in [0.05, 0.1) is 5.56 Å². The van der Waals surface area contributed by atoms with Crippen LogP contribution in [0.2, 0.25) is 0 Å². The standard InChI is InChI=1S/C15H20BrN3O2/c1-10(2)14(20)18-13-3-5-19(6-4-13)15(21)11-7-12(16)9-17-8-11/h7-10,13H,3-6H2,1-2H3,(H,18,20). The van der Waals surface area contributed by atoms with E-state index in [0.29, 0.717) is 18.7 Å². The fourth-order valence-electron chi connectivity index (χ4n) is 2.31. The van der Waals surface area contributed by atoms with Gasteiger partial charge in [-0.3, -0.25) is 14.6 Å². The molecule has 0 unspecified atom stereocenters. The molecule has 0 spiro atoms. The van der Waals surface area contributed by atoms with Crippen molar-refractivity contribution in [3.05, 3.63) is 28.5 Å². The highest BCUT2D eigenvalue weighted by molar-refractivity contribution is 9.10. The zero-order chi connectivity index (χ0) is 15.4. The van der Waals surface area contributed by atoms with E-state index in [0.717, 1.165) is 17.3 Å². The maximum Gasteiger partial charge on any atom is 0.255 e. The van der Waals surface area contributed by atoms with E-state index in [1.165, 1.54) is 0 Å². The molecule has 2 heterocycles. The van der Waals surface area contributed by atoms with Crippen molar-refractivity contribution < 1.29 is 9.59 Å². The first-order chi connectivity index (χ1) is 9.97. The van der Waals surface area contributed by atoms with Gasteiger partial charge in [-0.15, -0.1) is 0 Å². The number of carbonyl (C=O) groups is 2. The highest BCUT2D eigenvalue weighted by Crippen LogP contribution is 2.16. The van der Waals surface area contributed by atoms with E-state index in [9.17, 15) is 9.59 Å². The van der Waals surface area contributed by atoms with Crippen molar-refractivity contribution in [3.63, 3.8) is 0 Å². The molecule has 0 radical (unpaired) electrons. The summed E-state index contributed by atoms with van der Waals surface area (Å²) >= 11 is 3.32. The summed E-state index contributed by atoms with van der Waals surface area (Å²) in [5.41, 5.74) is 0.592. The number of rotatable bonds is 3. The minimum absolute atomic E-state index is 0.00237. The minimum atomic E-state index is -0.00240. The molecule has 1 aromatic heterocycles. The number of pyridine rings is 1. The van der Waals surface area contributed by atoms with Crippen molar-refractivity contribution in [2.45, 2.75) is 32.7 Å². The van der Waals surface area contributed by atoms with Crippen LogP contribution in [0.3, 0.4) is 0 Å². The lowest BCUT2D eigenvalue weighted by atomic mass is 10.0. The topological polar surface area (TPSA) is 62.3 Å². The number of halogens is 1. The monoisotopic (exact) mass is 353 g/mol. The maximum atomic E-state index is 12.4. The molecule has 1 aliphatic heterocycles. The van der Waals surface area contributed by atoms with Crippen molar-refractivity contribution >= 4 is 27.7 Å². The Kier molecular flexibility index (Phi) is 5.33. The van der Waals surface area contributed by atoms with E-state index in [1.54, 1.807) is 18.5 Å². The second-order valence-electron chi connectivity index (χ2n) is 5.62. The highest BCUT2D eigenvalue weighted by atomic mass is 79.9. The molecular formula is C15H20BrN3O2. The van der Waals surface area contributed by atoms with Gasteiger partial charge in [0.25, 0.3) is 5.91 Å². The Morgan fingerprint density at radius 1 is 1.33 bits per heavy atom. The molecule has 114 valence electrons. The predicted molar refractivity (Wildman–Crippen MR) is 83.8 cm³/mol. The summed E-state index contributed by atoms with van der Waals surface area (Å²) in [4.78, 5) is 29.9. The summed E-state index contributed by atoms with van der Waals surface area (Å²) in [6.07, 6.45) is 4.83. The van der Waals surface area contributed by atoms with Crippen molar-refractivity contribution in [1.82, 2.24) is 15.2 Å². The summed E-state index contributed by atoms with van der Waals surface area (Å²) in [6.45, 7) is 5.09. The van der Waals surface area contributed by atoms with Crippen LogP contribution in [0.1, 0.15) is 37.0 Å². The average Bonchev–Trinajstić information content (AvgIpc) is 2.47. The average molecular weight is 354 g/mol. The first-order valence-corrected chi connectivity index (χ1v) is 7.97. The summed E-state index contributed by atoms with van der Waals surface area (Å²) in [7, 11) is 0. The second kappa shape index (κ2) is 7.02. The number of hydrogen-bond acceptors (Lipinski definition) is 3. The molecule has 0 saturated carbocycles. The van der Waals surface area contributed by atoms with Gasteiger partial charge in [0.2, 0.25) is 5.91 Å². The van der Waals surface area contributed by atoms with Gasteiger partial charge in [0.15, 0.2) is 0 Å². The number of nitrogens with one attached hydrogen (secondary N) is 1. The molecule has 0 aromatic carbocycles. The number of aromatic nitrogens is 1. The van der Waals surface area contributed by atoms with Crippen LogP contribution in [0.25, 0.3) is 0 Å². The third-order valence-corrected chi connectivity index (χ3v) is 4.04. The smallest absolute Gasteiger partial charge is 0.255 e. The Labute approximate surface area is 133 Å². The van der Waals surface area contributed by atoms with Gasteiger partial charge in [0.1, 0.15) is 0 Å². The van der Waals surface area contributed by atoms with E-state index in [4.69, 9.17) is 0 Å². The van der Waals surface area contributed by atoms with E-state index in [-0.39, 0.29) is 23.8 Å². The van der Waals surface area contributed by atoms with Crippen LogP contribution in [-0.2, 0) is 4.79 Å². The molecule has 2 rings (SSSR count). The van der Waals surface area contributed by atoms with Gasteiger partial charge >= 0.3 is 0 Å². The third kappa shape index (κ3) is 4.27. The van der Waals surface area contributed by atoms with Gasteiger partial charge < -0.3 is 10.2 Å². The number of nitrogens with zero attached hydrogens (tertiary/aromatic N) is 2. The summed E-state index contributed by atoms with van der Waals surface area (Å²) in [6, 6.07) is 1.95. The molecule has 6 heteroatoms. The highest BCUT2D eigenvalue weighted by Gasteiger charge is 2.25. The van der Waals surface area contributed by atoms with Crippen LogP contribution in [0.15, 0.2) is 22.9 Å². The quantitative estimate of drug-likeness (QED) is 0.906. The van der Waals surface area contributed by atoms with Crippen LogP contribution in [-0.4, -0.2) is 40.8 Å². The van der Waals surface area contributed by atoms with E-state index in [2.05, 4.69) is 26.2 Å². The van der Waals surface area contributed by atoms with Crippen LogP contribution >= 0.6 is 15.9 Å². The SMILES string of the molecule is CC(C)C(=O)NC1CCN(C(=O)c2cncc(Br)c2)CC1. The summed E-state index contributed by atoms with van der Waals surface area (Å²) in [5.74, 6) is 0.0748. The van der Waals surface area contributed by atoms with Crippen LogP contribution < -0.4 is 5.32 Å². The number of piperidine rings is 1. The summed E-state index contributed by atoms with van der Waals surface area (Å²) < 4.78 is 0.799. The lowest BCUT2D eigenvalue weighted by Crippen LogP contribution is -2.47. The Bertz CT molecular complexity index is 525. The molecule has 0 atom stereocenters. The molecular weight excluding hydrogens is 334 g/mol. The molecule has 0 aliphatic carbocycles. The molecule has 21 heavy (non-hydrogen) atoms. The largest absolute Gasteiger partial charge is 0.353 e. The minimum Gasteiger partial charge on any atom is -0.353 e. The first kappa shape index (κ1) is 15.9. The Morgan fingerprint density at radius 2 is 2.00 bits per heavy atom. The molecule has 5 nitrogen and oxygen atoms in total. The number of likely N-dealkylation sites (tertiary alicyclic amines) is 1. The van der Waals surface area contributed by atoms with Crippen molar-refractivity contribution in [1.29, 1.82) is 0 Å². The first-order valence-electron chi connectivity index (χ1n) is 7.17. The molecule has 1 fully saturated rings. The maximum absolute atomic E-state index is 12.4. The van der Waals surface area contributed by atoms with Gasteiger partial charge in [-0.05, 0) is 34.8 Å². The van der Waals surface area contributed by atoms with E-state index >= 15 is 0 Å². The van der Waals surface area contributed by atoms with Gasteiger partial charge in [-0.2, -0.15) is 0 Å². The van der Waals surface area contributed by atoms with Crippen molar-refractivity contribution in [2.24, 2.45) is 5.92 Å². The Balaban J connectivity index is 1.89. The van der Waals surface area contributed by atoms with Gasteiger partial charge in [-0.1, -0.05) is 13.8 Å². The third-order valence-electron chi connectivity index (χ3n) is 3.60. The van der Waals surface area contributed by atoms with Gasteiger partial charge in [-0.25, -0.2) is 0 Å². The molecule has 1 aromatic rings. The lowest BCUT2D eigenvalue weighted by molar-refractivity contribution is -0.124. The fraction of sp³-hybridized carbons (Fsp3) is 0.533. The molecule has 0 bridgehead atoms. The predicted octanol–water partition coefficient (Wildman–Crippen LogP) is 2.22. The van der Waals surface area contributed by atoms with E-state index < -0.39 is 0 Å². The zero-order valence-corrected chi connectivity index (χ0v) is 13.9. The van der Waals surface area contributed by atoms with Crippen LogP contribution in [0, 0.1) is 5.92 Å². The zero-order valence-electron chi connectivity index (χ0n) is 12.3. The van der Waals surface area contributed by atoms with Crippen molar-refractivity contribution in [3.8, 4) is 0 Å². The molecule has 1 N–H and O–H groups in total. The van der Waals surface area contributed by atoms with Crippen LogP contribution in [0.5, 0.6) is 0 Å². The number of hydrogen-bond donors (Lipinski definition) is 1. The summed E-state index contributed by atoms with van der Waals surface area (Å²) in [5, 5.41) is 3.03.